The fourth-order valence-electron chi connectivity index (χ4n) is 1.07. The highest BCUT2D eigenvalue weighted by molar-refractivity contribution is 6.42. The molecule has 0 aliphatic carbocycles. The summed E-state index contributed by atoms with van der Waals surface area (Å²) in [5.41, 5.74) is 0.263. The van der Waals surface area contributed by atoms with Crippen LogP contribution >= 0.6 is 34.8 Å². The van der Waals surface area contributed by atoms with Gasteiger partial charge >= 0.3 is 0 Å². The Morgan fingerprint density at radius 1 is 1.19 bits per heavy atom. The van der Waals surface area contributed by atoms with Crippen LogP contribution in [-0.4, -0.2) is 11.7 Å². The van der Waals surface area contributed by atoms with E-state index in [-0.39, 0.29) is 27.9 Å². The first kappa shape index (κ1) is 13.3. The first-order valence-corrected chi connectivity index (χ1v) is 5.47. The summed E-state index contributed by atoms with van der Waals surface area (Å²) in [5.74, 6) is -0.697. The summed E-state index contributed by atoms with van der Waals surface area (Å²) in [6, 6.07) is 2.91. The summed E-state index contributed by atoms with van der Waals surface area (Å²) in [6.07, 6.45) is -0.213. The largest absolute Gasteiger partial charge is 0.323 e. The number of carbonyl (C=O) groups excluding carboxylic acids is 2. The molecule has 0 spiro atoms. The fraction of sp³-hybridized carbons (Fsp3) is 0.200. The van der Waals surface area contributed by atoms with Gasteiger partial charge in [0, 0.05) is 5.02 Å². The van der Waals surface area contributed by atoms with Crippen molar-refractivity contribution in [1.82, 2.24) is 0 Å². The molecule has 86 valence electrons. The van der Waals surface area contributed by atoms with Gasteiger partial charge in [-0.15, -0.1) is 0 Å². The molecule has 1 aromatic carbocycles. The van der Waals surface area contributed by atoms with E-state index in [1.807, 2.05) is 0 Å². The molecule has 0 atom stereocenters. The highest BCUT2D eigenvalue weighted by atomic mass is 35.5. The summed E-state index contributed by atoms with van der Waals surface area (Å²) in [5, 5.41) is 3.29. The molecule has 0 aromatic heterocycles. The van der Waals surface area contributed by atoms with Gasteiger partial charge in [-0.3, -0.25) is 9.59 Å². The Bertz CT molecular complexity index is 423. The van der Waals surface area contributed by atoms with Gasteiger partial charge < -0.3 is 5.32 Å². The Kier molecular flexibility index (Phi) is 4.59. The number of nitrogens with one attached hydrogen (secondary N) is 1. The molecule has 6 heteroatoms. The third-order valence-corrected chi connectivity index (χ3v) is 2.50. The number of benzene rings is 1. The van der Waals surface area contributed by atoms with Gasteiger partial charge in [-0.2, -0.15) is 0 Å². The van der Waals surface area contributed by atoms with Gasteiger partial charge in [-0.25, -0.2) is 0 Å². The minimum Gasteiger partial charge on any atom is -0.323 e. The summed E-state index contributed by atoms with van der Waals surface area (Å²) >= 11 is 17.4. The second-order valence-corrected chi connectivity index (χ2v) is 4.42. The van der Waals surface area contributed by atoms with E-state index in [0.29, 0.717) is 5.02 Å². The third kappa shape index (κ3) is 3.67. The SMILES string of the molecule is CC(=O)CC(=O)Nc1c(Cl)cc(Cl)cc1Cl. The summed E-state index contributed by atoms with van der Waals surface area (Å²) in [6.45, 7) is 1.32. The lowest BCUT2D eigenvalue weighted by molar-refractivity contribution is -0.124. The van der Waals surface area contributed by atoms with E-state index in [2.05, 4.69) is 5.32 Å². The van der Waals surface area contributed by atoms with Crippen molar-refractivity contribution in [3.8, 4) is 0 Å². The monoisotopic (exact) mass is 279 g/mol. The van der Waals surface area contributed by atoms with Crippen molar-refractivity contribution in [3.63, 3.8) is 0 Å². The van der Waals surface area contributed by atoms with E-state index in [0.717, 1.165) is 0 Å². The van der Waals surface area contributed by atoms with E-state index in [9.17, 15) is 9.59 Å². The van der Waals surface area contributed by atoms with Crippen molar-refractivity contribution in [2.45, 2.75) is 13.3 Å². The molecule has 1 aromatic rings. The molecule has 0 bridgehead atoms. The van der Waals surface area contributed by atoms with Crippen LogP contribution in [0.2, 0.25) is 15.1 Å². The zero-order valence-electron chi connectivity index (χ0n) is 8.31. The van der Waals surface area contributed by atoms with Crippen molar-refractivity contribution in [2.75, 3.05) is 5.32 Å². The predicted octanol–water partition coefficient (Wildman–Crippen LogP) is 3.56. The zero-order chi connectivity index (χ0) is 12.3. The quantitative estimate of drug-likeness (QED) is 0.860. The van der Waals surface area contributed by atoms with Gasteiger partial charge in [-0.05, 0) is 19.1 Å². The lowest BCUT2D eigenvalue weighted by Crippen LogP contribution is -2.15. The fourth-order valence-corrected chi connectivity index (χ4v) is 1.98. The van der Waals surface area contributed by atoms with Crippen LogP contribution in [0.5, 0.6) is 0 Å². The molecule has 0 radical (unpaired) electrons. The Hall–Kier alpha value is -0.770. The molecule has 0 saturated carbocycles. The van der Waals surface area contributed by atoms with Gasteiger partial charge in [0.2, 0.25) is 5.91 Å². The molecular formula is C10H8Cl3NO2. The number of amides is 1. The van der Waals surface area contributed by atoms with Crippen LogP contribution in [0.25, 0.3) is 0 Å². The first-order chi connectivity index (χ1) is 7.40. The number of halogens is 3. The van der Waals surface area contributed by atoms with Crippen molar-refractivity contribution in [3.05, 3.63) is 27.2 Å². The summed E-state index contributed by atoms with van der Waals surface area (Å²) in [7, 11) is 0. The molecule has 1 rings (SSSR count). The molecule has 0 saturated heterocycles. The van der Waals surface area contributed by atoms with E-state index in [1.54, 1.807) is 0 Å². The molecule has 0 unspecified atom stereocenters. The van der Waals surface area contributed by atoms with Gasteiger partial charge in [-0.1, -0.05) is 34.8 Å². The highest BCUT2D eigenvalue weighted by Crippen LogP contribution is 2.33. The Morgan fingerprint density at radius 3 is 2.12 bits per heavy atom. The number of Topliss-reactive ketones (excluding diaryl/α,β-unsaturated/α-hetero) is 1. The van der Waals surface area contributed by atoms with Gasteiger partial charge in [0.05, 0.1) is 22.2 Å². The number of anilines is 1. The first-order valence-electron chi connectivity index (χ1n) is 4.34. The maximum atomic E-state index is 11.3. The molecule has 0 heterocycles. The van der Waals surface area contributed by atoms with E-state index >= 15 is 0 Å². The lowest BCUT2D eigenvalue weighted by Gasteiger charge is -2.08. The normalized spacial score (nSPS) is 10.0. The second-order valence-electron chi connectivity index (χ2n) is 3.17. The minimum atomic E-state index is -0.460. The number of ketones is 1. The Balaban J connectivity index is 2.89. The van der Waals surface area contributed by atoms with E-state index in [4.69, 9.17) is 34.8 Å². The number of hydrogen-bond donors (Lipinski definition) is 1. The van der Waals surface area contributed by atoms with Crippen LogP contribution in [0, 0.1) is 0 Å². The maximum Gasteiger partial charge on any atom is 0.231 e. The second kappa shape index (κ2) is 5.53. The van der Waals surface area contributed by atoms with Crippen LogP contribution in [0.4, 0.5) is 5.69 Å². The average Bonchev–Trinajstić information content (AvgIpc) is 2.09. The predicted molar refractivity (Wildman–Crippen MR) is 65.4 cm³/mol. The van der Waals surface area contributed by atoms with Crippen LogP contribution in [0.3, 0.4) is 0 Å². The molecular weight excluding hydrogens is 272 g/mol. The molecule has 0 fully saturated rings. The topological polar surface area (TPSA) is 46.2 Å². The van der Waals surface area contributed by atoms with Crippen molar-refractivity contribution >= 4 is 52.2 Å². The van der Waals surface area contributed by atoms with Crippen molar-refractivity contribution in [1.29, 1.82) is 0 Å². The van der Waals surface area contributed by atoms with Crippen molar-refractivity contribution in [2.24, 2.45) is 0 Å². The Morgan fingerprint density at radius 2 is 1.69 bits per heavy atom. The standard InChI is InChI=1S/C10H8Cl3NO2/c1-5(15)2-9(16)14-10-7(12)3-6(11)4-8(10)13/h3-4H,2H2,1H3,(H,14,16). The average molecular weight is 281 g/mol. The Labute approximate surface area is 108 Å². The number of carbonyl (C=O) groups is 2. The minimum absolute atomic E-state index is 0.213. The van der Waals surface area contributed by atoms with Crippen LogP contribution < -0.4 is 5.32 Å². The van der Waals surface area contributed by atoms with Crippen LogP contribution in [-0.2, 0) is 9.59 Å². The smallest absolute Gasteiger partial charge is 0.231 e. The summed E-state index contributed by atoms with van der Waals surface area (Å²) < 4.78 is 0. The highest BCUT2D eigenvalue weighted by Gasteiger charge is 2.12. The molecule has 0 aliphatic rings. The lowest BCUT2D eigenvalue weighted by atomic mass is 10.2. The molecule has 1 N–H and O–H groups in total. The van der Waals surface area contributed by atoms with Crippen LogP contribution in [0.1, 0.15) is 13.3 Å². The molecule has 0 aliphatic heterocycles. The molecule has 16 heavy (non-hydrogen) atoms. The van der Waals surface area contributed by atoms with E-state index in [1.165, 1.54) is 19.1 Å². The maximum absolute atomic E-state index is 11.3. The van der Waals surface area contributed by atoms with Crippen molar-refractivity contribution < 1.29 is 9.59 Å². The van der Waals surface area contributed by atoms with Gasteiger partial charge in [0.15, 0.2) is 0 Å². The molecule has 1 amide bonds. The molecule has 3 nitrogen and oxygen atoms in total. The van der Waals surface area contributed by atoms with E-state index < -0.39 is 5.91 Å². The zero-order valence-corrected chi connectivity index (χ0v) is 10.6. The third-order valence-electron chi connectivity index (χ3n) is 1.68. The van der Waals surface area contributed by atoms with Gasteiger partial charge in [0.25, 0.3) is 0 Å². The van der Waals surface area contributed by atoms with Crippen LogP contribution in [0.15, 0.2) is 12.1 Å². The van der Waals surface area contributed by atoms with Gasteiger partial charge in [0.1, 0.15) is 5.78 Å². The number of rotatable bonds is 3. The number of hydrogen-bond acceptors (Lipinski definition) is 2. The summed E-state index contributed by atoms with van der Waals surface area (Å²) in [4.78, 5) is 22.1.